The van der Waals surface area contributed by atoms with Crippen molar-refractivity contribution in [2.45, 2.75) is 12.5 Å². The van der Waals surface area contributed by atoms with Crippen LogP contribution in [-0.4, -0.2) is 40.3 Å². The molecule has 3 aromatic rings. The normalized spacial score (nSPS) is 15.7. The first kappa shape index (κ1) is 20.0. The number of rotatable bonds is 4. The zero-order valence-electron chi connectivity index (χ0n) is 16.2. The highest BCUT2D eigenvalue weighted by molar-refractivity contribution is 7.99. The van der Waals surface area contributed by atoms with E-state index >= 15 is 0 Å². The Morgan fingerprint density at radius 1 is 0.900 bits per heavy atom. The van der Waals surface area contributed by atoms with Gasteiger partial charge in [0.2, 0.25) is 5.91 Å². The molecule has 1 aliphatic heterocycles. The fourth-order valence-electron chi connectivity index (χ4n) is 3.48. The Morgan fingerprint density at radius 2 is 1.63 bits per heavy atom. The summed E-state index contributed by atoms with van der Waals surface area (Å²) in [7, 11) is 0. The van der Waals surface area contributed by atoms with Gasteiger partial charge in [-0.2, -0.15) is 0 Å². The maximum absolute atomic E-state index is 12.7. The second-order valence-electron chi connectivity index (χ2n) is 7.01. The molecule has 30 heavy (non-hydrogen) atoms. The van der Waals surface area contributed by atoms with Crippen molar-refractivity contribution in [2.24, 2.45) is 0 Å². The molecular weight excluding hydrogens is 398 g/mol. The van der Waals surface area contributed by atoms with E-state index in [1.165, 1.54) is 16.7 Å². The molecule has 0 aliphatic carbocycles. The molecule has 0 saturated carbocycles. The highest BCUT2D eigenvalue weighted by Gasteiger charge is 2.35. The van der Waals surface area contributed by atoms with Gasteiger partial charge in [0, 0.05) is 11.3 Å². The fraction of sp³-hybridized carbons (Fsp3) is 0.174. The first-order valence-corrected chi connectivity index (χ1v) is 10.8. The van der Waals surface area contributed by atoms with Gasteiger partial charge in [-0.15, -0.1) is 11.8 Å². The molecule has 0 aromatic heterocycles. The number of hydrazine groups is 1. The average Bonchev–Trinajstić information content (AvgIpc) is 3.28. The number of thioether (sulfide) groups is 1. The molecule has 4 rings (SSSR count). The van der Waals surface area contributed by atoms with Crippen molar-refractivity contribution >= 4 is 40.3 Å². The fourth-order valence-corrected chi connectivity index (χ4v) is 4.64. The largest absolute Gasteiger partial charge is 0.316 e. The summed E-state index contributed by atoms with van der Waals surface area (Å²) in [6, 6.07) is 21.9. The quantitative estimate of drug-likeness (QED) is 0.638. The van der Waals surface area contributed by atoms with Crippen LogP contribution in [0.15, 0.2) is 72.8 Å². The Labute approximate surface area is 178 Å². The number of carbonyl (C=O) groups excluding carboxylic acids is 3. The molecule has 2 N–H and O–H groups in total. The van der Waals surface area contributed by atoms with Crippen LogP contribution in [0.3, 0.4) is 0 Å². The number of carbonyl (C=O) groups is 3. The summed E-state index contributed by atoms with van der Waals surface area (Å²) in [6.07, 6.45) is 0.147. The molecule has 3 aromatic carbocycles. The lowest BCUT2D eigenvalue weighted by Crippen LogP contribution is -2.52. The molecule has 1 atom stereocenters. The van der Waals surface area contributed by atoms with Crippen molar-refractivity contribution in [3.63, 3.8) is 0 Å². The van der Waals surface area contributed by atoms with E-state index in [2.05, 4.69) is 10.9 Å². The predicted octanol–water partition coefficient (Wildman–Crippen LogP) is 2.75. The summed E-state index contributed by atoms with van der Waals surface area (Å²) in [6.45, 7) is 0. The first-order valence-electron chi connectivity index (χ1n) is 9.62. The molecule has 152 valence electrons. The van der Waals surface area contributed by atoms with Gasteiger partial charge in [-0.25, -0.2) is 0 Å². The molecule has 0 radical (unpaired) electrons. The van der Waals surface area contributed by atoms with Crippen LogP contribution in [0.1, 0.15) is 15.9 Å². The van der Waals surface area contributed by atoms with Crippen LogP contribution >= 0.6 is 11.8 Å². The molecule has 6 nitrogen and oxygen atoms in total. The molecule has 0 spiro atoms. The van der Waals surface area contributed by atoms with E-state index in [1.807, 2.05) is 48.5 Å². The van der Waals surface area contributed by atoms with E-state index in [-0.39, 0.29) is 18.2 Å². The van der Waals surface area contributed by atoms with Crippen molar-refractivity contribution in [3.8, 4) is 0 Å². The number of hydrogen-bond donors (Lipinski definition) is 2. The Kier molecular flexibility index (Phi) is 5.99. The van der Waals surface area contributed by atoms with Crippen molar-refractivity contribution in [3.05, 3.63) is 83.9 Å². The Balaban J connectivity index is 1.36. The summed E-state index contributed by atoms with van der Waals surface area (Å²) in [5, 5.41) is 2.07. The molecule has 1 saturated heterocycles. The second kappa shape index (κ2) is 9.00. The number of amides is 3. The third kappa shape index (κ3) is 4.31. The lowest BCUT2D eigenvalue weighted by atomic mass is 10.0. The standard InChI is InChI=1S/C23H21N3O3S/c27-21(13-18-11-6-10-16-7-4-5-12-19(16)18)24-25-22(28)20-14-30-15-26(20)23(29)17-8-2-1-3-9-17/h1-12,20H,13-15H2,(H,24,27)(H,25,28)/t20-/m0/s1. The van der Waals surface area contributed by atoms with Crippen LogP contribution in [0.2, 0.25) is 0 Å². The minimum atomic E-state index is -0.624. The number of nitrogens with zero attached hydrogens (tertiary/aromatic N) is 1. The number of benzene rings is 3. The van der Waals surface area contributed by atoms with E-state index in [0.29, 0.717) is 17.2 Å². The number of fused-ring (bicyclic) bond motifs is 1. The minimum absolute atomic E-state index is 0.147. The molecule has 3 amide bonds. The van der Waals surface area contributed by atoms with E-state index < -0.39 is 11.9 Å². The molecular formula is C23H21N3O3S. The van der Waals surface area contributed by atoms with Crippen LogP contribution in [0.25, 0.3) is 10.8 Å². The smallest absolute Gasteiger partial charge is 0.262 e. The Morgan fingerprint density at radius 3 is 2.47 bits per heavy atom. The maximum atomic E-state index is 12.7. The predicted molar refractivity (Wildman–Crippen MR) is 118 cm³/mol. The van der Waals surface area contributed by atoms with E-state index in [9.17, 15) is 14.4 Å². The van der Waals surface area contributed by atoms with Gasteiger partial charge in [-0.3, -0.25) is 25.2 Å². The summed E-state index contributed by atoms with van der Waals surface area (Å²) < 4.78 is 0. The summed E-state index contributed by atoms with van der Waals surface area (Å²) in [5.41, 5.74) is 6.40. The number of hydrogen-bond acceptors (Lipinski definition) is 4. The van der Waals surface area contributed by atoms with Gasteiger partial charge < -0.3 is 4.90 Å². The lowest BCUT2D eigenvalue weighted by Gasteiger charge is -2.23. The van der Waals surface area contributed by atoms with E-state index in [1.54, 1.807) is 24.3 Å². The third-order valence-electron chi connectivity index (χ3n) is 5.02. The average molecular weight is 420 g/mol. The Bertz CT molecular complexity index is 1080. The van der Waals surface area contributed by atoms with Gasteiger partial charge >= 0.3 is 0 Å². The number of nitrogens with one attached hydrogen (secondary N) is 2. The van der Waals surface area contributed by atoms with Crippen LogP contribution in [0, 0.1) is 0 Å². The maximum Gasteiger partial charge on any atom is 0.262 e. The van der Waals surface area contributed by atoms with Gasteiger partial charge in [0.05, 0.1) is 12.3 Å². The van der Waals surface area contributed by atoms with Gasteiger partial charge in [0.15, 0.2) is 0 Å². The zero-order chi connectivity index (χ0) is 20.9. The van der Waals surface area contributed by atoms with Crippen molar-refractivity contribution in [1.29, 1.82) is 0 Å². The summed E-state index contributed by atoms with van der Waals surface area (Å²) >= 11 is 1.51. The van der Waals surface area contributed by atoms with Crippen molar-refractivity contribution < 1.29 is 14.4 Å². The summed E-state index contributed by atoms with van der Waals surface area (Å²) in [4.78, 5) is 39.3. The molecule has 1 aliphatic rings. The molecule has 1 heterocycles. The van der Waals surface area contributed by atoms with E-state index in [4.69, 9.17) is 0 Å². The first-order chi connectivity index (χ1) is 14.6. The summed E-state index contributed by atoms with van der Waals surface area (Å²) in [5.74, 6) is 0.0315. The van der Waals surface area contributed by atoms with Crippen LogP contribution < -0.4 is 10.9 Å². The van der Waals surface area contributed by atoms with Gasteiger partial charge in [-0.1, -0.05) is 60.7 Å². The van der Waals surface area contributed by atoms with Crippen molar-refractivity contribution in [2.75, 3.05) is 11.6 Å². The molecule has 0 bridgehead atoms. The van der Waals surface area contributed by atoms with E-state index in [0.717, 1.165) is 16.3 Å². The monoisotopic (exact) mass is 419 g/mol. The van der Waals surface area contributed by atoms with Crippen molar-refractivity contribution in [1.82, 2.24) is 15.8 Å². The topological polar surface area (TPSA) is 78.5 Å². The minimum Gasteiger partial charge on any atom is -0.316 e. The molecule has 0 unspecified atom stereocenters. The second-order valence-corrected chi connectivity index (χ2v) is 8.01. The lowest BCUT2D eigenvalue weighted by molar-refractivity contribution is -0.130. The van der Waals surface area contributed by atoms with Crippen LogP contribution in [-0.2, 0) is 16.0 Å². The zero-order valence-corrected chi connectivity index (χ0v) is 17.0. The van der Waals surface area contributed by atoms with Gasteiger partial charge in [-0.05, 0) is 28.5 Å². The SMILES string of the molecule is O=C(Cc1cccc2ccccc12)NNC(=O)[C@@H]1CSCN1C(=O)c1ccccc1. The van der Waals surface area contributed by atoms with Crippen LogP contribution in [0.4, 0.5) is 0 Å². The Hall–Kier alpha value is -3.32. The molecule has 1 fully saturated rings. The van der Waals surface area contributed by atoms with Gasteiger partial charge in [0.1, 0.15) is 6.04 Å². The van der Waals surface area contributed by atoms with Gasteiger partial charge in [0.25, 0.3) is 11.8 Å². The third-order valence-corrected chi connectivity index (χ3v) is 6.03. The highest BCUT2D eigenvalue weighted by atomic mass is 32.2. The molecule has 7 heteroatoms. The van der Waals surface area contributed by atoms with Crippen LogP contribution in [0.5, 0.6) is 0 Å². The highest BCUT2D eigenvalue weighted by Crippen LogP contribution is 2.23.